The van der Waals surface area contributed by atoms with Gasteiger partial charge in [-0.3, -0.25) is 4.72 Å². The molecule has 0 bridgehead atoms. The maximum absolute atomic E-state index is 12.7. The third-order valence-electron chi connectivity index (χ3n) is 3.18. The first-order chi connectivity index (χ1) is 9.76. The van der Waals surface area contributed by atoms with Crippen molar-refractivity contribution >= 4 is 43.0 Å². The summed E-state index contributed by atoms with van der Waals surface area (Å²) in [4.78, 5) is 0.976. The summed E-state index contributed by atoms with van der Waals surface area (Å²) in [6.07, 6.45) is 0. The fraction of sp³-hybridized carbons (Fsp3) is 0.286. The van der Waals surface area contributed by atoms with Gasteiger partial charge in [0.2, 0.25) is 0 Å². The summed E-state index contributed by atoms with van der Waals surface area (Å²) >= 11 is 4.78. The van der Waals surface area contributed by atoms with Crippen molar-refractivity contribution < 1.29 is 8.42 Å². The number of benzene rings is 1. The molecule has 0 radical (unpaired) electrons. The second-order valence-corrected chi connectivity index (χ2v) is 8.39. The molecule has 0 aliphatic heterocycles. The molecule has 0 atom stereocenters. The van der Waals surface area contributed by atoms with Gasteiger partial charge in [0.05, 0.1) is 5.69 Å². The highest BCUT2D eigenvalue weighted by Gasteiger charge is 2.23. The van der Waals surface area contributed by atoms with Crippen molar-refractivity contribution in [2.75, 3.05) is 4.72 Å². The largest absolute Gasteiger partial charge is 0.326 e. The maximum Gasteiger partial charge on any atom is 0.263 e. The van der Waals surface area contributed by atoms with E-state index in [-0.39, 0.29) is 6.54 Å². The number of thiophene rings is 1. The summed E-state index contributed by atoms with van der Waals surface area (Å²) < 4.78 is 29.0. The van der Waals surface area contributed by atoms with E-state index < -0.39 is 10.0 Å². The average Bonchev–Trinajstić information content (AvgIpc) is 2.76. The molecule has 0 spiro atoms. The number of aryl methyl sites for hydroxylation is 3. The lowest BCUT2D eigenvalue weighted by Crippen LogP contribution is -2.17. The van der Waals surface area contributed by atoms with E-state index in [1.165, 1.54) is 11.3 Å². The van der Waals surface area contributed by atoms with Crippen molar-refractivity contribution in [2.24, 2.45) is 5.73 Å². The van der Waals surface area contributed by atoms with Crippen molar-refractivity contribution in [3.8, 4) is 0 Å². The zero-order valence-electron chi connectivity index (χ0n) is 12.0. The fourth-order valence-electron chi connectivity index (χ4n) is 2.25. The van der Waals surface area contributed by atoms with Crippen LogP contribution < -0.4 is 10.5 Å². The molecule has 3 N–H and O–H groups in total. The molecule has 2 aromatic rings. The lowest BCUT2D eigenvalue weighted by atomic mass is 10.1. The average molecular weight is 389 g/mol. The molecule has 21 heavy (non-hydrogen) atoms. The minimum Gasteiger partial charge on any atom is -0.326 e. The smallest absolute Gasteiger partial charge is 0.263 e. The number of nitrogens with two attached hydrogens (primary N) is 1. The van der Waals surface area contributed by atoms with Gasteiger partial charge in [0.15, 0.2) is 0 Å². The molecule has 0 unspecified atom stereocenters. The second kappa shape index (κ2) is 6.08. The van der Waals surface area contributed by atoms with Gasteiger partial charge >= 0.3 is 0 Å². The third kappa shape index (κ3) is 3.31. The predicted octanol–water partition coefficient (Wildman–Crippen LogP) is 3.70. The molecule has 114 valence electrons. The van der Waals surface area contributed by atoms with E-state index in [1.807, 2.05) is 31.4 Å². The van der Waals surface area contributed by atoms with E-state index in [0.29, 0.717) is 15.5 Å². The van der Waals surface area contributed by atoms with E-state index in [1.54, 1.807) is 6.92 Å². The van der Waals surface area contributed by atoms with Crippen LogP contribution in [-0.4, -0.2) is 8.42 Å². The summed E-state index contributed by atoms with van der Waals surface area (Å²) in [7, 11) is -3.64. The Labute approximate surface area is 137 Å². The Bertz CT molecular complexity index is 759. The standard InChI is InChI=1S/C14H17BrN2O2S2/c1-8-4-11(15)5-9(2)13(8)17-21(18,19)14-10(3)7-20-12(14)6-16/h4-5,7,17H,6,16H2,1-3H3. The summed E-state index contributed by atoms with van der Waals surface area (Å²) in [6.45, 7) is 5.75. The van der Waals surface area contributed by atoms with Gasteiger partial charge in [-0.25, -0.2) is 8.42 Å². The number of nitrogens with one attached hydrogen (secondary N) is 1. The van der Waals surface area contributed by atoms with Crippen LogP contribution in [0.3, 0.4) is 0 Å². The SMILES string of the molecule is Cc1cc(Br)cc(C)c1NS(=O)(=O)c1c(C)csc1CN. The van der Waals surface area contributed by atoms with E-state index in [9.17, 15) is 8.42 Å². The summed E-state index contributed by atoms with van der Waals surface area (Å²) in [6, 6.07) is 3.77. The van der Waals surface area contributed by atoms with Crippen LogP contribution in [0.5, 0.6) is 0 Å². The van der Waals surface area contributed by atoms with Gasteiger partial charge in [-0.05, 0) is 55.0 Å². The number of hydrogen-bond donors (Lipinski definition) is 2. The summed E-state index contributed by atoms with van der Waals surface area (Å²) in [5.41, 5.74) is 8.72. The molecule has 2 rings (SSSR count). The summed E-state index contributed by atoms with van der Waals surface area (Å²) in [5.74, 6) is 0. The normalized spacial score (nSPS) is 11.7. The number of halogens is 1. The molecular formula is C14H17BrN2O2S2. The van der Waals surface area contributed by atoms with Gasteiger partial charge in [0.1, 0.15) is 4.90 Å². The Hall–Kier alpha value is -0.890. The van der Waals surface area contributed by atoms with E-state index >= 15 is 0 Å². The van der Waals surface area contributed by atoms with Gasteiger partial charge in [-0.2, -0.15) is 0 Å². The predicted molar refractivity (Wildman–Crippen MR) is 91.4 cm³/mol. The molecule has 0 saturated carbocycles. The van der Waals surface area contributed by atoms with E-state index in [2.05, 4.69) is 20.7 Å². The van der Waals surface area contributed by atoms with Gasteiger partial charge in [-0.1, -0.05) is 15.9 Å². The zero-order chi connectivity index (χ0) is 15.8. The minimum atomic E-state index is -3.64. The van der Waals surface area contributed by atoms with Crippen LogP contribution in [0.2, 0.25) is 0 Å². The Morgan fingerprint density at radius 3 is 2.29 bits per heavy atom. The fourth-order valence-corrected chi connectivity index (χ4v) is 5.84. The Kier molecular flexibility index (Phi) is 4.77. The lowest BCUT2D eigenvalue weighted by molar-refractivity contribution is 0.600. The first kappa shape index (κ1) is 16.5. The highest BCUT2D eigenvalue weighted by molar-refractivity contribution is 9.10. The van der Waals surface area contributed by atoms with Crippen molar-refractivity contribution in [1.29, 1.82) is 0 Å². The molecule has 1 aromatic heterocycles. The molecule has 1 aromatic carbocycles. The molecule has 0 fully saturated rings. The molecule has 1 heterocycles. The maximum atomic E-state index is 12.7. The first-order valence-corrected chi connectivity index (χ1v) is 9.48. The van der Waals surface area contributed by atoms with Crippen molar-refractivity contribution in [1.82, 2.24) is 0 Å². The topological polar surface area (TPSA) is 72.2 Å². The number of anilines is 1. The van der Waals surface area contributed by atoms with Crippen LogP contribution in [-0.2, 0) is 16.6 Å². The Morgan fingerprint density at radius 1 is 1.19 bits per heavy atom. The molecule has 0 saturated heterocycles. The first-order valence-electron chi connectivity index (χ1n) is 6.33. The van der Waals surface area contributed by atoms with Crippen LogP contribution >= 0.6 is 27.3 Å². The monoisotopic (exact) mass is 388 g/mol. The molecular weight excluding hydrogens is 372 g/mol. The van der Waals surface area contributed by atoms with Crippen LogP contribution in [0.4, 0.5) is 5.69 Å². The van der Waals surface area contributed by atoms with Crippen molar-refractivity contribution in [3.05, 3.63) is 43.6 Å². The number of hydrogen-bond acceptors (Lipinski definition) is 4. The molecule has 7 heteroatoms. The third-order valence-corrected chi connectivity index (χ3v) is 6.47. The number of rotatable bonds is 4. The number of sulfonamides is 1. The molecule has 0 aliphatic rings. The van der Waals surface area contributed by atoms with Crippen LogP contribution in [0.25, 0.3) is 0 Å². The van der Waals surface area contributed by atoms with Crippen LogP contribution in [0.15, 0.2) is 26.9 Å². The molecule has 0 aliphatic carbocycles. The van der Waals surface area contributed by atoms with Gasteiger partial charge in [0.25, 0.3) is 10.0 Å². The highest BCUT2D eigenvalue weighted by atomic mass is 79.9. The van der Waals surface area contributed by atoms with E-state index in [0.717, 1.165) is 21.2 Å². The molecule has 0 amide bonds. The highest BCUT2D eigenvalue weighted by Crippen LogP contribution is 2.31. The van der Waals surface area contributed by atoms with Gasteiger partial charge < -0.3 is 5.73 Å². The Balaban J connectivity index is 2.50. The quantitative estimate of drug-likeness (QED) is 0.838. The van der Waals surface area contributed by atoms with Crippen molar-refractivity contribution in [2.45, 2.75) is 32.2 Å². The van der Waals surface area contributed by atoms with Gasteiger partial charge in [-0.15, -0.1) is 11.3 Å². The molecule has 4 nitrogen and oxygen atoms in total. The van der Waals surface area contributed by atoms with Crippen molar-refractivity contribution in [3.63, 3.8) is 0 Å². The van der Waals surface area contributed by atoms with Crippen LogP contribution in [0.1, 0.15) is 21.6 Å². The van der Waals surface area contributed by atoms with Gasteiger partial charge in [0, 0.05) is 15.9 Å². The zero-order valence-corrected chi connectivity index (χ0v) is 15.2. The summed E-state index contributed by atoms with van der Waals surface area (Å²) in [5, 5.41) is 1.82. The van der Waals surface area contributed by atoms with E-state index in [4.69, 9.17) is 5.73 Å². The minimum absolute atomic E-state index is 0.215. The van der Waals surface area contributed by atoms with Crippen LogP contribution in [0, 0.1) is 20.8 Å². The second-order valence-electron chi connectivity index (χ2n) is 4.90. The Morgan fingerprint density at radius 2 is 1.76 bits per heavy atom. The lowest BCUT2D eigenvalue weighted by Gasteiger charge is -2.14.